The maximum Gasteiger partial charge on any atom is 0.123 e. The van der Waals surface area contributed by atoms with Crippen LogP contribution in [0.4, 0.5) is 0 Å². The van der Waals surface area contributed by atoms with Crippen LogP contribution in [0.5, 0.6) is 5.75 Å². The zero-order chi connectivity index (χ0) is 13.0. The first-order valence-electron chi connectivity index (χ1n) is 5.97. The largest absolute Gasteiger partial charge is 0.490 e. The second kappa shape index (κ2) is 6.01. The number of thiocarbonyl (C=S) groups is 1. The smallest absolute Gasteiger partial charge is 0.123 e. The van der Waals surface area contributed by atoms with Crippen LogP contribution in [0.2, 0.25) is 0 Å². The van der Waals surface area contributed by atoms with E-state index in [2.05, 4.69) is 20.8 Å². The molecule has 1 aromatic carbocycles. The molecule has 1 unspecified atom stereocenters. The van der Waals surface area contributed by atoms with Gasteiger partial charge in [0.15, 0.2) is 0 Å². The van der Waals surface area contributed by atoms with Gasteiger partial charge in [0.2, 0.25) is 0 Å². The molecule has 94 valence electrons. The SMILES string of the molecule is Cc1ccc(C(N)=S)cc1OC(C)CC(C)C. The monoisotopic (exact) mass is 251 g/mol. The van der Waals surface area contributed by atoms with Crippen molar-refractivity contribution in [3.8, 4) is 5.75 Å². The Hall–Kier alpha value is -1.09. The van der Waals surface area contributed by atoms with Crippen molar-refractivity contribution in [1.29, 1.82) is 0 Å². The molecule has 2 N–H and O–H groups in total. The van der Waals surface area contributed by atoms with Gasteiger partial charge in [0.05, 0.1) is 6.10 Å². The highest BCUT2D eigenvalue weighted by Crippen LogP contribution is 2.22. The average Bonchev–Trinajstić information content (AvgIpc) is 2.19. The molecular formula is C14H21NOS. The number of hydrogen-bond acceptors (Lipinski definition) is 2. The van der Waals surface area contributed by atoms with Crippen molar-refractivity contribution in [3.63, 3.8) is 0 Å². The quantitative estimate of drug-likeness (QED) is 0.814. The summed E-state index contributed by atoms with van der Waals surface area (Å²) in [4.78, 5) is 0.409. The summed E-state index contributed by atoms with van der Waals surface area (Å²) in [7, 11) is 0. The summed E-state index contributed by atoms with van der Waals surface area (Å²) in [6.45, 7) is 8.50. The number of rotatable bonds is 5. The highest BCUT2D eigenvalue weighted by atomic mass is 32.1. The molecule has 1 aromatic rings. The predicted molar refractivity (Wildman–Crippen MR) is 76.6 cm³/mol. The molecule has 0 heterocycles. The fraction of sp³-hybridized carbons (Fsp3) is 0.500. The van der Waals surface area contributed by atoms with E-state index in [9.17, 15) is 0 Å². The van der Waals surface area contributed by atoms with E-state index in [0.29, 0.717) is 10.9 Å². The zero-order valence-electron chi connectivity index (χ0n) is 11.0. The number of nitrogens with two attached hydrogens (primary N) is 1. The Balaban J connectivity index is 2.82. The van der Waals surface area contributed by atoms with E-state index in [0.717, 1.165) is 23.3 Å². The molecule has 17 heavy (non-hydrogen) atoms. The molecule has 1 rings (SSSR count). The Morgan fingerprint density at radius 2 is 2.00 bits per heavy atom. The lowest BCUT2D eigenvalue weighted by Gasteiger charge is -2.18. The van der Waals surface area contributed by atoms with Crippen molar-refractivity contribution in [3.05, 3.63) is 29.3 Å². The minimum Gasteiger partial charge on any atom is -0.490 e. The molecule has 0 amide bonds. The van der Waals surface area contributed by atoms with Gasteiger partial charge in [-0.25, -0.2) is 0 Å². The Morgan fingerprint density at radius 3 is 2.53 bits per heavy atom. The number of hydrogen-bond donors (Lipinski definition) is 1. The molecule has 0 aliphatic carbocycles. The summed E-state index contributed by atoms with van der Waals surface area (Å²) in [5.41, 5.74) is 7.59. The van der Waals surface area contributed by atoms with Gasteiger partial charge in [0.1, 0.15) is 10.7 Å². The molecule has 0 aliphatic heterocycles. The molecule has 0 saturated carbocycles. The second-order valence-electron chi connectivity index (χ2n) is 4.90. The third-order valence-electron chi connectivity index (χ3n) is 2.60. The molecule has 0 aliphatic rings. The maximum atomic E-state index is 5.93. The van der Waals surface area contributed by atoms with E-state index in [1.54, 1.807) is 0 Å². The first kappa shape index (κ1) is 14.0. The van der Waals surface area contributed by atoms with Crippen LogP contribution in [0.1, 0.15) is 38.3 Å². The number of aryl methyl sites for hydroxylation is 1. The summed E-state index contributed by atoms with van der Waals surface area (Å²) in [5.74, 6) is 1.51. The molecule has 3 heteroatoms. The Morgan fingerprint density at radius 1 is 1.35 bits per heavy atom. The Bertz CT molecular complexity index is 401. The van der Waals surface area contributed by atoms with Gasteiger partial charge in [-0.15, -0.1) is 0 Å². The number of benzene rings is 1. The van der Waals surface area contributed by atoms with E-state index < -0.39 is 0 Å². The van der Waals surface area contributed by atoms with Crippen molar-refractivity contribution < 1.29 is 4.74 Å². The first-order valence-corrected chi connectivity index (χ1v) is 6.38. The van der Waals surface area contributed by atoms with Crippen molar-refractivity contribution in [2.24, 2.45) is 11.7 Å². The van der Waals surface area contributed by atoms with E-state index >= 15 is 0 Å². The lowest BCUT2D eigenvalue weighted by molar-refractivity contribution is 0.192. The zero-order valence-corrected chi connectivity index (χ0v) is 11.8. The van der Waals surface area contributed by atoms with Crippen molar-refractivity contribution >= 4 is 17.2 Å². The highest BCUT2D eigenvalue weighted by Gasteiger charge is 2.09. The first-order chi connectivity index (χ1) is 7.90. The Kier molecular flexibility index (Phi) is 4.94. The van der Waals surface area contributed by atoms with Crippen LogP contribution in [-0.2, 0) is 0 Å². The predicted octanol–water partition coefficient (Wildman–Crippen LogP) is 3.44. The topological polar surface area (TPSA) is 35.2 Å². The summed E-state index contributed by atoms with van der Waals surface area (Å²) >= 11 is 4.97. The summed E-state index contributed by atoms with van der Waals surface area (Å²) in [6.07, 6.45) is 1.24. The van der Waals surface area contributed by atoms with Gasteiger partial charge < -0.3 is 10.5 Å². The summed E-state index contributed by atoms with van der Waals surface area (Å²) in [6, 6.07) is 5.85. The van der Waals surface area contributed by atoms with Crippen molar-refractivity contribution in [1.82, 2.24) is 0 Å². The third-order valence-corrected chi connectivity index (χ3v) is 2.84. The fourth-order valence-corrected chi connectivity index (χ4v) is 1.94. The van der Waals surface area contributed by atoms with Gasteiger partial charge in [0, 0.05) is 5.56 Å². The van der Waals surface area contributed by atoms with Gasteiger partial charge in [0.25, 0.3) is 0 Å². The van der Waals surface area contributed by atoms with Crippen LogP contribution < -0.4 is 10.5 Å². The third kappa shape index (κ3) is 4.35. The molecule has 0 bridgehead atoms. The van der Waals surface area contributed by atoms with Crippen LogP contribution in [0.15, 0.2) is 18.2 Å². The van der Waals surface area contributed by atoms with Gasteiger partial charge >= 0.3 is 0 Å². The van der Waals surface area contributed by atoms with Crippen LogP contribution in [-0.4, -0.2) is 11.1 Å². The molecule has 0 fully saturated rings. The van der Waals surface area contributed by atoms with Gasteiger partial charge in [-0.3, -0.25) is 0 Å². The maximum absolute atomic E-state index is 5.93. The fourth-order valence-electron chi connectivity index (χ4n) is 1.81. The Labute approximate surface area is 109 Å². The lowest BCUT2D eigenvalue weighted by atomic mass is 10.1. The van der Waals surface area contributed by atoms with Crippen LogP contribution in [0.3, 0.4) is 0 Å². The van der Waals surface area contributed by atoms with Crippen molar-refractivity contribution in [2.75, 3.05) is 0 Å². The number of ether oxygens (including phenoxy) is 1. The second-order valence-corrected chi connectivity index (χ2v) is 5.34. The van der Waals surface area contributed by atoms with Crippen LogP contribution in [0, 0.1) is 12.8 Å². The van der Waals surface area contributed by atoms with E-state index in [4.69, 9.17) is 22.7 Å². The summed E-state index contributed by atoms with van der Waals surface area (Å²) in [5, 5.41) is 0. The molecule has 0 saturated heterocycles. The van der Waals surface area contributed by atoms with E-state index in [1.807, 2.05) is 25.1 Å². The normalized spacial score (nSPS) is 12.5. The molecule has 0 radical (unpaired) electrons. The van der Waals surface area contributed by atoms with Gasteiger partial charge in [-0.05, 0) is 37.8 Å². The summed E-state index contributed by atoms with van der Waals surface area (Å²) < 4.78 is 5.93. The van der Waals surface area contributed by atoms with Gasteiger partial charge in [-0.2, -0.15) is 0 Å². The molecule has 0 spiro atoms. The molecule has 2 nitrogen and oxygen atoms in total. The average molecular weight is 251 g/mol. The highest BCUT2D eigenvalue weighted by molar-refractivity contribution is 7.80. The molecule has 1 atom stereocenters. The van der Waals surface area contributed by atoms with E-state index in [1.165, 1.54) is 0 Å². The van der Waals surface area contributed by atoms with Crippen molar-refractivity contribution in [2.45, 2.75) is 40.2 Å². The van der Waals surface area contributed by atoms with Crippen LogP contribution in [0.25, 0.3) is 0 Å². The lowest BCUT2D eigenvalue weighted by Crippen LogP contribution is -2.16. The molecule has 0 aromatic heterocycles. The van der Waals surface area contributed by atoms with E-state index in [-0.39, 0.29) is 6.10 Å². The molecular weight excluding hydrogens is 230 g/mol. The van der Waals surface area contributed by atoms with Gasteiger partial charge in [-0.1, -0.05) is 38.2 Å². The minimum absolute atomic E-state index is 0.204. The standard InChI is InChI=1S/C14H21NOS/c1-9(2)7-11(4)16-13-8-12(14(15)17)6-5-10(13)3/h5-6,8-9,11H,7H2,1-4H3,(H2,15,17). The van der Waals surface area contributed by atoms with Crippen LogP contribution >= 0.6 is 12.2 Å². The minimum atomic E-state index is 0.204.